The molecule has 1 amide bonds. The molecule has 2 atom stereocenters. The van der Waals surface area contributed by atoms with E-state index in [0.717, 1.165) is 11.3 Å². The van der Waals surface area contributed by atoms with E-state index in [1.54, 1.807) is 27.1 Å². The maximum atomic E-state index is 14.0. The Kier molecular flexibility index (Phi) is 5.50. The molecule has 0 spiro atoms. The van der Waals surface area contributed by atoms with Crippen molar-refractivity contribution in [3.05, 3.63) is 93.0 Å². The van der Waals surface area contributed by atoms with Crippen molar-refractivity contribution in [2.75, 3.05) is 6.54 Å². The molecule has 10 nitrogen and oxygen atoms in total. The van der Waals surface area contributed by atoms with Gasteiger partial charge in [-0.25, -0.2) is 14.3 Å². The monoisotopic (exact) mass is 523 g/mol. The number of imidazole rings is 1. The molecular weight excluding hydrogens is 494 g/mol. The summed E-state index contributed by atoms with van der Waals surface area (Å²) in [6.07, 6.45) is 1.97. The van der Waals surface area contributed by atoms with Crippen molar-refractivity contribution in [1.29, 1.82) is 5.26 Å². The second-order valence-corrected chi connectivity index (χ2v) is 11.3. The normalized spacial score (nSPS) is 17.9. The first-order chi connectivity index (χ1) is 18.6. The van der Waals surface area contributed by atoms with E-state index in [0.29, 0.717) is 42.1 Å². The van der Waals surface area contributed by atoms with Crippen LogP contribution in [-0.4, -0.2) is 46.4 Å². The summed E-state index contributed by atoms with van der Waals surface area (Å²) in [4.78, 5) is 33.3. The fraction of sp³-hybridized carbons (Fsp3) is 0.345. The zero-order chi connectivity index (χ0) is 27.6. The van der Waals surface area contributed by atoms with Crippen molar-refractivity contribution >= 4 is 5.91 Å². The summed E-state index contributed by atoms with van der Waals surface area (Å²) in [5, 5.41) is 25.3. The molecule has 1 N–H and O–H groups in total. The van der Waals surface area contributed by atoms with Gasteiger partial charge in [0.2, 0.25) is 5.88 Å². The molecule has 0 saturated carbocycles. The predicted molar refractivity (Wildman–Crippen MR) is 143 cm³/mol. The molecule has 1 fully saturated rings. The zero-order valence-electron chi connectivity index (χ0n) is 22.3. The Morgan fingerprint density at radius 1 is 1.21 bits per heavy atom. The van der Waals surface area contributed by atoms with Crippen LogP contribution in [0.1, 0.15) is 78.0 Å². The Labute approximate surface area is 225 Å². The number of pyridine rings is 1. The van der Waals surface area contributed by atoms with Crippen LogP contribution < -0.4 is 5.69 Å². The molecular formula is C29H29N7O3. The maximum Gasteiger partial charge on any atom is 0.336 e. The predicted octanol–water partition coefficient (Wildman–Crippen LogP) is 3.60. The molecule has 6 rings (SSSR count). The van der Waals surface area contributed by atoms with E-state index < -0.39 is 6.04 Å². The molecule has 2 aliphatic rings. The van der Waals surface area contributed by atoms with Gasteiger partial charge in [0.05, 0.1) is 36.2 Å². The lowest BCUT2D eigenvalue weighted by Crippen LogP contribution is -2.38. The van der Waals surface area contributed by atoms with Crippen LogP contribution in [0.15, 0.2) is 53.5 Å². The highest BCUT2D eigenvalue weighted by atomic mass is 16.3. The van der Waals surface area contributed by atoms with Gasteiger partial charge in [-0.3, -0.25) is 14.0 Å². The Balaban J connectivity index is 1.38. The number of carbonyl (C=O) groups excluding carboxylic acids is 1. The number of aromatic hydroxyl groups is 1. The number of rotatable bonds is 4. The van der Waals surface area contributed by atoms with Gasteiger partial charge in [0.25, 0.3) is 5.91 Å². The van der Waals surface area contributed by atoms with Crippen LogP contribution in [0, 0.1) is 18.3 Å². The minimum Gasteiger partial charge on any atom is -0.493 e. The third kappa shape index (κ3) is 3.84. The number of aromatic nitrogens is 5. The highest BCUT2D eigenvalue weighted by Crippen LogP contribution is 2.49. The Morgan fingerprint density at radius 2 is 1.95 bits per heavy atom. The molecule has 2 bridgehead atoms. The standard InChI is InChI=1S/C29H29N7O3/c1-17-10-19(14-31-21(17)13-30)36-27(38)25-22-11-20(35(25)28(36)39)16-33(22)26(37)23-12-24(29(2,3)4)32-34(23)15-18-8-6-5-7-9-18/h5-10,12,14,20,22,38H,11,15-16H2,1-4H3/t20-,22?/m1/s1. The van der Waals surface area contributed by atoms with E-state index in [4.69, 9.17) is 5.10 Å². The highest BCUT2D eigenvalue weighted by molar-refractivity contribution is 5.93. The number of benzene rings is 1. The van der Waals surface area contributed by atoms with E-state index >= 15 is 0 Å². The number of amides is 1. The van der Waals surface area contributed by atoms with E-state index in [1.807, 2.05) is 42.5 Å². The Hall–Kier alpha value is -4.65. The molecule has 198 valence electrons. The molecule has 1 aromatic carbocycles. The van der Waals surface area contributed by atoms with Gasteiger partial charge in [-0.05, 0) is 36.6 Å². The first kappa shape index (κ1) is 24.7. The van der Waals surface area contributed by atoms with Crippen LogP contribution in [0.2, 0.25) is 0 Å². The van der Waals surface area contributed by atoms with Crippen molar-refractivity contribution in [1.82, 2.24) is 28.8 Å². The number of carbonyl (C=O) groups is 1. The van der Waals surface area contributed by atoms with Gasteiger partial charge >= 0.3 is 5.69 Å². The summed E-state index contributed by atoms with van der Waals surface area (Å²) < 4.78 is 4.56. The summed E-state index contributed by atoms with van der Waals surface area (Å²) in [5.41, 5.74) is 3.39. The maximum absolute atomic E-state index is 14.0. The fourth-order valence-corrected chi connectivity index (χ4v) is 5.68. The fourth-order valence-electron chi connectivity index (χ4n) is 5.68. The van der Waals surface area contributed by atoms with Crippen molar-refractivity contribution in [3.8, 4) is 17.6 Å². The third-order valence-corrected chi connectivity index (χ3v) is 7.69. The minimum atomic E-state index is -0.443. The first-order valence-electron chi connectivity index (χ1n) is 12.9. The van der Waals surface area contributed by atoms with Crippen LogP contribution in [0.3, 0.4) is 0 Å². The number of nitrogens with zero attached hydrogens (tertiary/aromatic N) is 7. The van der Waals surface area contributed by atoms with Gasteiger partial charge in [0, 0.05) is 12.0 Å². The van der Waals surface area contributed by atoms with Crippen LogP contribution in [0.25, 0.3) is 5.69 Å². The summed E-state index contributed by atoms with van der Waals surface area (Å²) in [6, 6.07) is 14.7. The molecule has 39 heavy (non-hydrogen) atoms. The van der Waals surface area contributed by atoms with Gasteiger partial charge < -0.3 is 10.0 Å². The van der Waals surface area contributed by atoms with Gasteiger partial charge in [0.1, 0.15) is 23.2 Å². The zero-order valence-corrected chi connectivity index (χ0v) is 22.3. The second kappa shape index (κ2) is 8.70. The van der Waals surface area contributed by atoms with E-state index in [2.05, 4.69) is 25.8 Å². The van der Waals surface area contributed by atoms with Gasteiger partial charge in [-0.1, -0.05) is 51.1 Å². The molecule has 3 aromatic heterocycles. The number of fused-ring (bicyclic) bond motifs is 5. The van der Waals surface area contributed by atoms with E-state index in [9.17, 15) is 20.0 Å². The highest BCUT2D eigenvalue weighted by Gasteiger charge is 2.50. The van der Waals surface area contributed by atoms with Crippen LogP contribution >= 0.6 is 0 Å². The lowest BCUT2D eigenvalue weighted by Gasteiger charge is -2.27. The SMILES string of the molecule is Cc1cc(-n2c(O)c3n(c2=O)[C@@H]2CC3N(C(=O)c3cc(C(C)(C)C)nn3Cc3ccccc3)C2)cnc1C#N. The van der Waals surface area contributed by atoms with Crippen molar-refractivity contribution in [2.45, 2.75) is 58.2 Å². The summed E-state index contributed by atoms with van der Waals surface area (Å²) >= 11 is 0. The lowest BCUT2D eigenvalue weighted by molar-refractivity contribution is 0.0699. The minimum absolute atomic E-state index is 0.178. The van der Waals surface area contributed by atoms with Gasteiger partial charge in [0.15, 0.2) is 0 Å². The van der Waals surface area contributed by atoms with Crippen LogP contribution in [-0.2, 0) is 12.0 Å². The molecule has 0 radical (unpaired) electrons. The number of likely N-dealkylation sites (tertiary alicyclic amines) is 1. The molecule has 1 unspecified atom stereocenters. The number of hydrogen-bond acceptors (Lipinski definition) is 6. The molecule has 10 heteroatoms. The lowest BCUT2D eigenvalue weighted by atomic mass is 9.92. The Morgan fingerprint density at radius 3 is 2.62 bits per heavy atom. The van der Waals surface area contributed by atoms with Crippen LogP contribution in [0.4, 0.5) is 0 Å². The quantitative estimate of drug-likeness (QED) is 0.436. The van der Waals surface area contributed by atoms with Crippen molar-refractivity contribution in [2.24, 2.45) is 0 Å². The average Bonchev–Trinajstić information content (AvgIpc) is 3.66. The summed E-state index contributed by atoms with van der Waals surface area (Å²) in [6.45, 7) is 8.74. The summed E-state index contributed by atoms with van der Waals surface area (Å²) in [5.74, 6) is -0.382. The largest absolute Gasteiger partial charge is 0.493 e. The molecule has 4 aromatic rings. The second-order valence-electron chi connectivity index (χ2n) is 11.3. The number of nitriles is 1. The number of aryl methyl sites for hydroxylation is 1. The smallest absolute Gasteiger partial charge is 0.336 e. The van der Waals surface area contributed by atoms with Crippen molar-refractivity contribution < 1.29 is 9.90 Å². The van der Waals surface area contributed by atoms with Crippen molar-refractivity contribution in [3.63, 3.8) is 0 Å². The molecule has 5 heterocycles. The average molecular weight is 524 g/mol. The topological polar surface area (TPSA) is 122 Å². The van der Waals surface area contributed by atoms with Gasteiger partial charge in [-0.15, -0.1) is 0 Å². The van der Waals surface area contributed by atoms with Crippen LogP contribution in [0.5, 0.6) is 5.88 Å². The third-order valence-electron chi connectivity index (χ3n) is 7.69. The van der Waals surface area contributed by atoms with Gasteiger partial charge in [-0.2, -0.15) is 10.4 Å². The summed E-state index contributed by atoms with van der Waals surface area (Å²) in [7, 11) is 0. The number of hydrogen-bond donors (Lipinski definition) is 1. The van der Waals surface area contributed by atoms with E-state index in [-0.39, 0.29) is 34.6 Å². The molecule has 2 aliphatic heterocycles. The first-order valence-corrected chi connectivity index (χ1v) is 12.9. The van der Waals surface area contributed by atoms with E-state index in [1.165, 1.54) is 10.8 Å². The molecule has 0 aliphatic carbocycles. The Bertz CT molecular complexity index is 1720. The molecule has 1 saturated heterocycles.